The van der Waals surface area contributed by atoms with Crippen molar-refractivity contribution in [2.45, 2.75) is 302 Å². The van der Waals surface area contributed by atoms with Crippen LogP contribution < -0.4 is 4.89 Å². The molecule has 0 aromatic rings. The molecule has 80 heavy (non-hydrogen) atoms. The fourth-order valence-corrected chi connectivity index (χ4v) is 10.0. The summed E-state index contributed by atoms with van der Waals surface area (Å²) in [5, 5.41) is 0. The predicted molar refractivity (Wildman–Crippen MR) is 342 cm³/mol. The molecule has 0 fully saturated rings. The zero-order chi connectivity index (χ0) is 58.4. The van der Waals surface area contributed by atoms with Crippen LogP contribution in [0.1, 0.15) is 296 Å². The van der Waals surface area contributed by atoms with E-state index in [9.17, 15) is 19.0 Å². The number of esters is 2. The fraction of sp³-hybridized carbons (Fsp3) is 0.771. The Kier molecular flexibility index (Phi) is 58.6. The number of phosphoric ester groups is 1. The Labute approximate surface area is 494 Å². The second kappa shape index (κ2) is 60.8. The van der Waals surface area contributed by atoms with Crippen molar-refractivity contribution in [3.05, 3.63) is 85.1 Å². The van der Waals surface area contributed by atoms with Crippen LogP contribution in [0.2, 0.25) is 0 Å². The standard InChI is InChI=1S/C70H126NO8P/c1-6-8-10-12-14-16-18-20-22-24-26-28-30-32-34-35-37-38-40-42-44-46-48-50-52-54-56-58-60-62-69(72)76-66-68(67-78-80(74,75)77-65-64-71(3,4)5)79-70(73)63-61-59-57-55-53-51-49-47-45-43-41-39-36-33-31-29-27-25-23-21-19-17-15-13-11-9-7-2/h9,11,15,17,21,23-24,26-27,29,33,36,41,43,68H,6-8,10,12-14,16,18-20,22,25,28,30-32,34-35,37-40,42,44-67H2,1-5H3/b11-9-,17-15-,23-21-,26-24-,29-27-,36-33-,43-41-. The molecule has 0 amide bonds. The number of rotatable bonds is 61. The lowest BCUT2D eigenvalue weighted by molar-refractivity contribution is -0.870. The highest BCUT2D eigenvalue weighted by atomic mass is 31.2. The third-order valence-corrected chi connectivity index (χ3v) is 15.4. The Bertz CT molecular complexity index is 1630. The summed E-state index contributed by atoms with van der Waals surface area (Å²) < 4.78 is 34.3. The molecule has 0 N–H and O–H groups in total. The SMILES string of the molecule is CC/C=C\C/C=C\C/C=C\C/C=C\C/C=C\C/C=C\CCCCCCCCCCC(=O)OC(COC(=O)CCCCCCCCCCCCCCCCCCC/C=C\CCCCCCCCCC)COP(=O)([O-])OCC[N+](C)(C)C. The number of unbranched alkanes of at least 4 members (excludes halogenated alkanes) is 33. The molecule has 0 heterocycles. The van der Waals surface area contributed by atoms with Crippen molar-refractivity contribution in [3.63, 3.8) is 0 Å². The van der Waals surface area contributed by atoms with Gasteiger partial charge in [0.15, 0.2) is 6.10 Å². The first-order valence-corrected chi connectivity index (χ1v) is 34.8. The number of nitrogens with zero attached hydrogens (tertiary/aromatic N) is 1. The molecule has 9 nitrogen and oxygen atoms in total. The first-order valence-electron chi connectivity index (χ1n) is 33.3. The van der Waals surface area contributed by atoms with Crippen molar-refractivity contribution >= 4 is 19.8 Å². The maximum Gasteiger partial charge on any atom is 0.306 e. The van der Waals surface area contributed by atoms with Crippen molar-refractivity contribution in [1.82, 2.24) is 0 Å². The van der Waals surface area contributed by atoms with E-state index in [-0.39, 0.29) is 32.0 Å². The van der Waals surface area contributed by atoms with Gasteiger partial charge in [0.25, 0.3) is 7.82 Å². The number of carbonyl (C=O) groups excluding carboxylic acids is 2. The zero-order valence-electron chi connectivity index (χ0n) is 52.8. The molecule has 0 aliphatic heterocycles. The second-order valence-corrected chi connectivity index (χ2v) is 24.9. The smallest absolute Gasteiger partial charge is 0.306 e. The minimum Gasteiger partial charge on any atom is -0.756 e. The lowest BCUT2D eigenvalue weighted by Gasteiger charge is -2.28. The molecule has 0 aromatic carbocycles. The van der Waals surface area contributed by atoms with Gasteiger partial charge in [-0.3, -0.25) is 14.2 Å². The molecular formula is C70H126NO8P. The second-order valence-electron chi connectivity index (χ2n) is 23.5. The van der Waals surface area contributed by atoms with E-state index in [4.69, 9.17) is 18.5 Å². The third-order valence-electron chi connectivity index (χ3n) is 14.4. The van der Waals surface area contributed by atoms with Gasteiger partial charge in [-0.1, -0.05) is 279 Å². The quantitative estimate of drug-likeness (QED) is 0.0195. The lowest BCUT2D eigenvalue weighted by atomic mass is 10.0. The molecule has 0 saturated carbocycles. The summed E-state index contributed by atoms with van der Waals surface area (Å²) in [4.78, 5) is 38.0. The molecule has 464 valence electrons. The van der Waals surface area contributed by atoms with Crippen molar-refractivity contribution in [2.75, 3.05) is 47.5 Å². The normalized spacial score (nSPS) is 13.7. The predicted octanol–water partition coefficient (Wildman–Crippen LogP) is 20.7. The van der Waals surface area contributed by atoms with Gasteiger partial charge in [-0.25, -0.2) is 0 Å². The first-order chi connectivity index (χ1) is 39.0. The maximum absolute atomic E-state index is 12.8. The van der Waals surface area contributed by atoms with Gasteiger partial charge in [-0.05, 0) is 89.9 Å². The minimum atomic E-state index is -4.65. The number of carbonyl (C=O) groups is 2. The lowest BCUT2D eigenvalue weighted by Crippen LogP contribution is -2.37. The van der Waals surface area contributed by atoms with E-state index >= 15 is 0 Å². The van der Waals surface area contributed by atoms with E-state index in [2.05, 4.69) is 98.9 Å². The molecular weight excluding hydrogens is 1010 g/mol. The largest absolute Gasteiger partial charge is 0.756 e. The summed E-state index contributed by atoms with van der Waals surface area (Å²) in [7, 11) is 1.16. The van der Waals surface area contributed by atoms with Crippen LogP contribution in [-0.4, -0.2) is 70.0 Å². The molecule has 2 unspecified atom stereocenters. The summed E-state index contributed by atoms with van der Waals surface area (Å²) in [5.41, 5.74) is 0. The Balaban J connectivity index is 4.10. The van der Waals surface area contributed by atoms with Crippen molar-refractivity contribution in [3.8, 4) is 0 Å². The van der Waals surface area contributed by atoms with Crippen LogP contribution in [0.3, 0.4) is 0 Å². The van der Waals surface area contributed by atoms with Crippen molar-refractivity contribution in [2.24, 2.45) is 0 Å². The van der Waals surface area contributed by atoms with Crippen LogP contribution in [0, 0.1) is 0 Å². The summed E-state index contributed by atoms with van der Waals surface area (Å²) in [6, 6.07) is 0. The van der Waals surface area contributed by atoms with E-state index in [1.165, 1.54) is 180 Å². The number of hydrogen-bond acceptors (Lipinski definition) is 8. The first kappa shape index (κ1) is 77.2. The topological polar surface area (TPSA) is 111 Å². The van der Waals surface area contributed by atoms with E-state index in [0.717, 1.165) is 83.5 Å². The highest BCUT2D eigenvalue weighted by Gasteiger charge is 2.22. The van der Waals surface area contributed by atoms with Gasteiger partial charge in [0.2, 0.25) is 0 Å². The maximum atomic E-state index is 12.8. The van der Waals surface area contributed by atoms with Crippen LogP contribution in [0.4, 0.5) is 0 Å². The highest BCUT2D eigenvalue weighted by molar-refractivity contribution is 7.45. The number of allylic oxidation sites excluding steroid dienone is 14. The molecule has 0 rings (SSSR count). The van der Waals surface area contributed by atoms with Crippen LogP contribution in [-0.2, 0) is 32.7 Å². The number of likely N-dealkylation sites (N-methyl/N-ethyl adjacent to an activating group) is 1. The van der Waals surface area contributed by atoms with Gasteiger partial charge in [-0.15, -0.1) is 0 Å². The van der Waals surface area contributed by atoms with Crippen LogP contribution >= 0.6 is 7.82 Å². The molecule has 0 aromatic heterocycles. The Morgan fingerprint density at radius 1 is 0.400 bits per heavy atom. The van der Waals surface area contributed by atoms with Gasteiger partial charge in [0.1, 0.15) is 19.8 Å². The van der Waals surface area contributed by atoms with E-state index < -0.39 is 26.5 Å². The summed E-state index contributed by atoms with van der Waals surface area (Å²) in [5.74, 6) is -0.836. The number of hydrogen-bond donors (Lipinski definition) is 0. The van der Waals surface area contributed by atoms with Crippen LogP contribution in [0.15, 0.2) is 85.1 Å². The Morgan fingerprint density at radius 3 is 1.07 bits per heavy atom. The monoisotopic (exact) mass is 1140 g/mol. The van der Waals surface area contributed by atoms with Gasteiger partial charge in [-0.2, -0.15) is 0 Å². The van der Waals surface area contributed by atoms with Gasteiger partial charge in [0, 0.05) is 12.8 Å². The number of phosphoric acid groups is 1. The molecule has 0 saturated heterocycles. The summed E-state index contributed by atoms with van der Waals surface area (Å²) >= 11 is 0. The average Bonchev–Trinajstić information content (AvgIpc) is 3.42. The fourth-order valence-electron chi connectivity index (χ4n) is 9.30. The van der Waals surface area contributed by atoms with Crippen molar-refractivity contribution < 1.29 is 42.1 Å². The number of ether oxygens (including phenoxy) is 2. The van der Waals surface area contributed by atoms with E-state index in [0.29, 0.717) is 17.4 Å². The van der Waals surface area contributed by atoms with Gasteiger partial charge in [0.05, 0.1) is 27.7 Å². The van der Waals surface area contributed by atoms with E-state index in [1.54, 1.807) is 0 Å². The van der Waals surface area contributed by atoms with Crippen molar-refractivity contribution in [1.29, 1.82) is 0 Å². The number of quaternary nitrogens is 1. The molecule has 0 spiro atoms. The molecule has 10 heteroatoms. The van der Waals surface area contributed by atoms with Crippen LogP contribution in [0.25, 0.3) is 0 Å². The summed E-state index contributed by atoms with van der Waals surface area (Å²) in [6.45, 7) is 4.15. The summed E-state index contributed by atoms with van der Waals surface area (Å²) in [6.07, 6.45) is 82.2. The van der Waals surface area contributed by atoms with E-state index in [1.807, 2.05) is 21.1 Å². The molecule has 0 aliphatic carbocycles. The minimum absolute atomic E-state index is 0.0352. The van der Waals surface area contributed by atoms with Crippen LogP contribution in [0.5, 0.6) is 0 Å². The molecule has 0 aliphatic rings. The molecule has 2 atom stereocenters. The molecule has 0 bridgehead atoms. The average molecular weight is 1140 g/mol. The van der Waals surface area contributed by atoms with Gasteiger partial charge < -0.3 is 27.9 Å². The Hall–Kier alpha value is -2.81. The highest BCUT2D eigenvalue weighted by Crippen LogP contribution is 2.38. The van der Waals surface area contributed by atoms with Gasteiger partial charge >= 0.3 is 11.9 Å². The molecule has 0 radical (unpaired) electrons. The third kappa shape index (κ3) is 64.4. The zero-order valence-corrected chi connectivity index (χ0v) is 53.7. The Morgan fingerprint density at radius 2 is 0.713 bits per heavy atom.